The monoisotopic (exact) mass is 380 g/mol. The van der Waals surface area contributed by atoms with Gasteiger partial charge in [0.2, 0.25) is 0 Å². The first-order valence-electron chi connectivity index (χ1n) is 9.33. The summed E-state index contributed by atoms with van der Waals surface area (Å²) in [5.41, 5.74) is 4.22. The Balaban J connectivity index is 1.51. The van der Waals surface area contributed by atoms with Crippen molar-refractivity contribution in [2.45, 2.75) is 0 Å². The lowest BCUT2D eigenvalue weighted by atomic mass is 10.2. The molecule has 0 saturated heterocycles. The van der Waals surface area contributed by atoms with Gasteiger partial charge in [0.15, 0.2) is 0 Å². The fourth-order valence-corrected chi connectivity index (χ4v) is 2.91. The van der Waals surface area contributed by atoms with Crippen LogP contribution in [-0.4, -0.2) is 5.97 Å². The maximum Gasteiger partial charge on any atom is 0.343 e. The van der Waals surface area contributed by atoms with Crippen molar-refractivity contribution in [2.24, 2.45) is 0 Å². The number of hydrogen-bond acceptors (Lipinski definition) is 4. The number of carbonyl (C=O) groups excluding carboxylic acids is 1. The van der Waals surface area contributed by atoms with Gasteiger partial charge in [-0.05, 0) is 48.5 Å². The third kappa shape index (κ3) is 4.82. The van der Waals surface area contributed by atoms with Gasteiger partial charge in [-0.15, -0.1) is 0 Å². The van der Waals surface area contributed by atoms with E-state index in [4.69, 9.17) is 4.74 Å². The fourth-order valence-electron chi connectivity index (χ4n) is 2.91. The van der Waals surface area contributed by atoms with Crippen LogP contribution >= 0.6 is 0 Å². The molecule has 4 aromatic carbocycles. The molecule has 0 saturated carbocycles. The van der Waals surface area contributed by atoms with E-state index in [1.165, 1.54) is 0 Å². The highest BCUT2D eigenvalue weighted by atomic mass is 16.5. The topological polar surface area (TPSA) is 50.4 Å². The first-order valence-corrected chi connectivity index (χ1v) is 9.33. The summed E-state index contributed by atoms with van der Waals surface area (Å²) < 4.78 is 5.51. The zero-order valence-electron chi connectivity index (χ0n) is 15.7. The Morgan fingerprint density at radius 1 is 0.586 bits per heavy atom. The molecule has 0 radical (unpaired) electrons. The maximum atomic E-state index is 12.3. The molecule has 0 spiro atoms. The van der Waals surface area contributed by atoms with Crippen LogP contribution < -0.4 is 15.4 Å². The molecule has 0 atom stereocenters. The summed E-state index contributed by atoms with van der Waals surface area (Å²) in [4.78, 5) is 12.3. The van der Waals surface area contributed by atoms with Gasteiger partial charge in [-0.3, -0.25) is 0 Å². The highest BCUT2D eigenvalue weighted by Crippen LogP contribution is 2.29. The summed E-state index contributed by atoms with van der Waals surface area (Å²) in [6.45, 7) is 0. The van der Waals surface area contributed by atoms with Crippen LogP contribution in [0.1, 0.15) is 10.4 Å². The molecule has 0 aliphatic carbocycles. The van der Waals surface area contributed by atoms with E-state index in [2.05, 4.69) is 10.6 Å². The molecule has 4 nitrogen and oxygen atoms in total. The van der Waals surface area contributed by atoms with Gasteiger partial charge in [0.25, 0.3) is 0 Å². The molecular formula is C25H20N2O2. The normalized spacial score (nSPS) is 10.2. The zero-order chi connectivity index (χ0) is 19.9. The van der Waals surface area contributed by atoms with Crippen LogP contribution in [0.5, 0.6) is 5.75 Å². The lowest BCUT2D eigenvalue weighted by Crippen LogP contribution is -2.08. The number of carbonyl (C=O) groups is 1. The number of benzene rings is 4. The van der Waals surface area contributed by atoms with Crippen molar-refractivity contribution in [1.82, 2.24) is 0 Å². The number of para-hydroxylation sites is 3. The van der Waals surface area contributed by atoms with Gasteiger partial charge >= 0.3 is 5.97 Å². The van der Waals surface area contributed by atoms with Crippen molar-refractivity contribution in [3.63, 3.8) is 0 Å². The molecule has 0 unspecified atom stereocenters. The number of esters is 1. The molecule has 4 rings (SSSR count). The highest BCUT2D eigenvalue weighted by molar-refractivity contribution is 5.91. The van der Waals surface area contributed by atoms with Gasteiger partial charge in [-0.2, -0.15) is 0 Å². The Morgan fingerprint density at radius 3 is 1.83 bits per heavy atom. The van der Waals surface area contributed by atoms with E-state index < -0.39 is 0 Å². The Labute approximate surface area is 169 Å². The van der Waals surface area contributed by atoms with Gasteiger partial charge in [-0.25, -0.2) is 4.79 Å². The maximum absolute atomic E-state index is 12.3. The Kier molecular flexibility index (Phi) is 5.53. The third-order valence-electron chi connectivity index (χ3n) is 4.31. The van der Waals surface area contributed by atoms with Crippen molar-refractivity contribution in [3.05, 3.63) is 115 Å². The molecular weight excluding hydrogens is 360 g/mol. The molecule has 0 aliphatic heterocycles. The summed E-state index contributed by atoms with van der Waals surface area (Å²) >= 11 is 0. The van der Waals surface area contributed by atoms with E-state index in [0.717, 1.165) is 22.7 Å². The average molecular weight is 380 g/mol. The van der Waals surface area contributed by atoms with Gasteiger partial charge in [0, 0.05) is 17.4 Å². The number of nitrogens with one attached hydrogen (secondary N) is 2. The van der Waals surface area contributed by atoms with Gasteiger partial charge < -0.3 is 15.4 Å². The minimum Gasteiger partial charge on any atom is -0.423 e. The van der Waals surface area contributed by atoms with Crippen LogP contribution in [-0.2, 0) is 0 Å². The summed E-state index contributed by atoms with van der Waals surface area (Å²) in [5.74, 6) is 0.103. The SMILES string of the molecule is O=C(Oc1cccc(Nc2ccccc2Nc2ccccc2)c1)c1ccccc1. The number of anilines is 4. The lowest BCUT2D eigenvalue weighted by molar-refractivity contribution is 0.0735. The van der Waals surface area contributed by atoms with E-state index >= 15 is 0 Å². The van der Waals surface area contributed by atoms with Crippen LogP contribution in [0.3, 0.4) is 0 Å². The molecule has 0 amide bonds. The summed E-state index contributed by atoms with van der Waals surface area (Å²) in [7, 11) is 0. The smallest absolute Gasteiger partial charge is 0.343 e. The minimum atomic E-state index is -0.381. The van der Waals surface area contributed by atoms with Crippen molar-refractivity contribution < 1.29 is 9.53 Å². The molecule has 0 aromatic heterocycles. The molecule has 29 heavy (non-hydrogen) atoms. The Bertz CT molecular complexity index is 1100. The summed E-state index contributed by atoms with van der Waals surface area (Å²) in [6.07, 6.45) is 0. The molecule has 4 heteroatoms. The first kappa shape index (κ1) is 18.3. The molecule has 4 aromatic rings. The van der Waals surface area contributed by atoms with E-state index in [1.54, 1.807) is 24.3 Å². The van der Waals surface area contributed by atoms with E-state index in [9.17, 15) is 4.79 Å². The predicted molar refractivity (Wildman–Crippen MR) is 117 cm³/mol. The Hall–Kier alpha value is -4.05. The number of rotatable bonds is 6. The molecule has 0 aliphatic rings. The van der Waals surface area contributed by atoms with Crippen molar-refractivity contribution in [1.29, 1.82) is 0 Å². The molecule has 142 valence electrons. The third-order valence-corrected chi connectivity index (χ3v) is 4.31. The minimum absolute atomic E-state index is 0.381. The van der Waals surface area contributed by atoms with Gasteiger partial charge in [0.1, 0.15) is 5.75 Å². The van der Waals surface area contributed by atoms with Gasteiger partial charge in [-0.1, -0.05) is 54.6 Å². The van der Waals surface area contributed by atoms with Crippen LogP contribution in [0.4, 0.5) is 22.7 Å². The quantitative estimate of drug-likeness (QED) is 0.300. The van der Waals surface area contributed by atoms with Crippen LogP contribution in [0.2, 0.25) is 0 Å². The van der Waals surface area contributed by atoms with E-state index in [0.29, 0.717) is 11.3 Å². The van der Waals surface area contributed by atoms with Crippen molar-refractivity contribution in [3.8, 4) is 5.75 Å². The molecule has 0 bridgehead atoms. The highest BCUT2D eigenvalue weighted by Gasteiger charge is 2.09. The second-order valence-electron chi connectivity index (χ2n) is 6.44. The molecule has 0 heterocycles. The number of ether oxygens (including phenoxy) is 1. The number of hydrogen-bond donors (Lipinski definition) is 2. The summed E-state index contributed by atoms with van der Waals surface area (Å²) in [5, 5.41) is 6.81. The van der Waals surface area contributed by atoms with Crippen molar-refractivity contribution in [2.75, 3.05) is 10.6 Å². The molecule has 0 fully saturated rings. The lowest BCUT2D eigenvalue weighted by Gasteiger charge is -2.14. The van der Waals surface area contributed by atoms with Crippen LogP contribution in [0, 0.1) is 0 Å². The fraction of sp³-hybridized carbons (Fsp3) is 0. The summed E-state index contributed by atoms with van der Waals surface area (Å²) in [6, 6.07) is 34.2. The van der Waals surface area contributed by atoms with Gasteiger partial charge in [0.05, 0.1) is 16.9 Å². The first-order chi connectivity index (χ1) is 14.3. The van der Waals surface area contributed by atoms with Crippen LogP contribution in [0.25, 0.3) is 0 Å². The largest absolute Gasteiger partial charge is 0.423 e. The average Bonchev–Trinajstić information content (AvgIpc) is 2.77. The standard InChI is InChI=1S/C25H20N2O2/c28-25(19-10-3-1-4-11-19)29-22-15-9-14-21(18-22)27-24-17-8-7-16-23(24)26-20-12-5-2-6-13-20/h1-18,26-27H. The zero-order valence-corrected chi connectivity index (χ0v) is 15.7. The Morgan fingerprint density at radius 2 is 1.14 bits per heavy atom. The van der Waals surface area contributed by atoms with E-state index in [1.807, 2.05) is 84.9 Å². The second kappa shape index (κ2) is 8.76. The molecule has 2 N–H and O–H groups in total. The van der Waals surface area contributed by atoms with Crippen molar-refractivity contribution >= 4 is 28.7 Å². The van der Waals surface area contributed by atoms with E-state index in [-0.39, 0.29) is 5.97 Å². The second-order valence-corrected chi connectivity index (χ2v) is 6.44. The van der Waals surface area contributed by atoms with Crippen LogP contribution in [0.15, 0.2) is 109 Å². The predicted octanol–water partition coefficient (Wildman–Crippen LogP) is 6.39.